The molecule has 1 amide bonds. The van der Waals surface area contributed by atoms with Crippen LogP contribution in [0.5, 0.6) is 0 Å². The van der Waals surface area contributed by atoms with Gasteiger partial charge >= 0.3 is 0 Å². The van der Waals surface area contributed by atoms with Gasteiger partial charge in [-0.15, -0.1) is 4.91 Å². The molecule has 6 nitrogen and oxygen atoms in total. The summed E-state index contributed by atoms with van der Waals surface area (Å²) in [7, 11) is 0. The zero-order valence-electron chi connectivity index (χ0n) is 15.0. The highest BCUT2D eigenvalue weighted by molar-refractivity contribution is 5.99. The number of para-hydroxylation sites is 1. The molecular formula is C21H21N3O3. The Balaban J connectivity index is 1.52. The van der Waals surface area contributed by atoms with E-state index in [0.29, 0.717) is 18.4 Å². The molecule has 6 heteroatoms. The highest BCUT2D eigenvalue weighted by atomic mass is 16.5. The molecule has 0 aromatic heterocycles. The number of hydrogen-bond acceptors (Lipinski definition) is 5. The van der Waals surface area contributed by atoms with Crippen molar-refractivity contribution in [2.75, 3.05) is 18.0 Å². The second-order valence-electron chi connectivity index (χ2n) is 9.04. The van der Waals surface area contributed by atoms with Gasteiger partial charge in [-0.2, -0.15) is 0 Å². The van der Waals surface area contributed by atoms with Gasteiger partial charge in [0.15, 0.2) is 0 Å². The Bertz CT molecular complexity index is 929. The molecule has 1 unspecified atom stereocenters. The van der Waals surface area contributed by atoms with Crippen molar-refractivity contribution in [2.24, 2.45) is 17.0 Å². The molecule has 5 aliphatic heterocycles. The summed E-state index contributed by atoms with van der Waals surface area (Å²) in [6.45, 7) is 1.97. The first-order chi connectivity index (χ1) is 13.2. The lowest BCUT2D eigenvalue weighted by molar-refractivity contribution is -0.135. The lowest BCUT2D eigenvalue weighted by Crippen LogP contribution is -2.69. The number of ether oxygens (including phenoxy) is 1. The Morgan fingerprint density at radius 2 is 2.15 bits per heavy atom. The fourth-order valence-electron chi connectivity index (χ4n) is 7.62. The minimum Gasteiger partial charge on any atom is -0.345 e. The van der Waals surface area contributed by atoms with Crippen LogP contribution < -0.4 is 4.90 Å². The lowest BCUT2D eigenvalue weighted by atomic mass is 9.53. The van der Waals surface area contributed by atoms with E-state index >= 15 is 0 Å². The van der Waals surface area contributed by atoms with Gasteiger partial charge < -0.3 is 9.64 Å². The second kappa shape index (κ2) is 4.67. The Labute approximate surface area is 157 Å². The van der Waals surface area contributed by atoms with Gasteiger partial charge in [0.2, 0.25) is 12.1 Å². The molecule has 1 saturated carbocycles. The topological polar surface area (TPSA) is 62.2 Å². The van der Waals surface area contributed by atoms with Crippen molar-refractivity contribution in [1.29, 1.82) is 0 Å². The predicted molar refractivity (Wildman–Crippen MR) is 98.1 cm³/mol. The Kier molecular flexibility index (Phi) is 2.59. The number of hydrogen-bond donors (Lipinski definition) is 0. The van der Waals surface area contributed by atoms with E-state index in [1.807, 2.05) is 12.1 Å². The zero-order chi connectivity index (χ0) is 17.9. The third-order valence-corrected chi connectivity index (χ3v) is 8.34. The number of benzene rings is 1. The average molecular weight is 363 g/mol. The molecule has 7 atom stereocenters. The number of fused-ring (bicyclic) bond motifs is 2. The molecule has 1 aromatic rings. The van der Waals surface area contributed by atoms with Crippen molar-refractivity contribution in [3.05, 3.63) is 46.4 Å². The second-order valence-corrected chi connectivity index (χ2v) is 9.04. The van der Waals surface area contributed by atoms with Crippen LogP contribution in [-0.2, 0) is 14.9 Å². The van der Waals surface area contributed by atoms with Crippen LogP contribution in [0.2, 0.25) is 0 Å². The fraction of sp³-hybridized carbons (Fsp3) is 0.571. The van der Waals surface area contributed by atoms with Gasteiger partial charge in [-0.1, -0.05) is 23.8 Å². The first kappa shape index (κ1) is 14.9. The van der Waals surface area contributed by atoms with E-state index in [-0.39, 0.29) is 29.4 Å². The summed E-state index contributed by atoms with van der Waals surface area (Å²) in [6.07, 6.45) is 3.54. The smallest absolute Gasteiger partial charge is 0.229 e. The van der Waals surface area contributed by atoms with E-state index in [1.54, 1.807) is 0 Å². The number of carbonyl (C=O) groups is 1. The highest BCUT2D eigenvalue weighted by Crippen LogP contribution is 2.65. The molecule has 3 saturated heterocycles. The SMILES string of the molecule is O=NC1C=C2CN3CC[C@]45c6ccccc6N6C(=O)C[C@H](O1)[C@@H]([C@H]64)[C@H]2C[C@H]35. The average Bonchev–Trinajstić information content (AvgIpc) is 3.16. The monoisotopic (exact) mass is 363 g/mol. The van der Waals surface area contributed by atoms with Gasteiger partial charge in [-0.25, -0.2) is 0 Å². The van der Waals surface area contributed by atoms with Gasteiger partial charge in [0.1, 0.15) is 0 Å². The Hall–Kier alpha value is -2.05. The predicted octanol–water partition coefficient (Wildman–Crippen LogP) is 2.18. The summed E-state index contributed by atoms with van der Waals surface area (Å²) in [4.78, 5) is 29.3. The summed E-state index contributed by atoms with van der Waals surface area (Å²) in [5.41, 5.74) is 3.79. The minimum atomic E-state index is -0.758. The Morgan fingerprint density at radius 3 is 3.04 bits per heavy atom. The zero-order valence-corrected chi connectivity index (χ0v) is 15.0. The lowest BCUT2D eigenvalue weighted by Gasteiger charge is -2.58. The van der Waals surface area contributed by atoms with Crippen LogP contribution in [-0.4, -0.2) is 48.3 Å². The maximum atomic E-state index is 13.3. The van der Waals surface area contributed by atoms with E-state index in [9.17, 15) is 9.70 Å². The maximum Gasteiger partial charge on any atom is 0.229 e. The summed E-state index contributed by atoms with van der Waals surface area (Å²) in [6, 6.07) is 9.15. The molecule has 1 spiro atoms. The van der Waals surface area contributed by atoms with Gasteiger partial charge in [0.05, 0.1) is 18.6 Å². The van der Waals surface area contributed by atoms with Crippen LogP contribution in [0.3, 0.4) is 0 Å². The molecule has 2 bridgehead atoms. The number of rotatable bonds is 1. The molecule has 0 N–H and O–H groups in total. The number of nitrogens with zero attached hydrogens (tertiary/aromatic N) is 3. The fourth-order valence-corrected chi connectivity index (χ4v) is 7.62. The van der Waals surface area contributed by atoms with Gasteiger partial charge in [-0.05, 0) is 48.2 Å². The minimum absolute atomic E-state index is 0.00935. The van der Waals surface area contributed by atoms with Crippen LogP contribution >= 0.6 is 0 Å². The molecular weight excluding hydrogens is 342 g/mol. The molecule has 1 aromatic carbocycles. The number of nitroso groups, excluding NO2 is 1. The third kappa shape index (κ3) is 1.53. The third-order valence-electron chi connectivity index (χ3n) is 8.34. The maximum absolute atomic E-state index is 13.3. The van der Waals surface area contributed by atoms with Crippen LogP contribution in [0.25, 0.3) is 0 Å². The first-order valence-corrected chi connectivity index (χ1v) is 10.1. The largest absolute Gasteiger partial charge is 0.345 e. The van der Waals surface area contributed by atoms with Crippen molar-refractivity contribution in [2.45, 2.75) is 49.1 Å². The van der Waals surface area contributed by atoms with Gasteiger partial charge in [-0.3, -0.25) is 9.69 Å². The summed E-state index contributed by atoms with van der Waals surface area (Å²) in [5.74, 6) is 0.783. The summed E-state index contributed by atoms with van der Waals surface area (Å²) < 4.78 is 6.13. The molecule has 5 heterocycles. The standard InChI is InChI=1S/C21H21N3O3/c25-18-9-15-19-12-8-16-21(13-3-1-2-4-14(13)24(18)20(19)21)5-6-23(16)10-11(12)7-17(22-26)27-15/h1-4,7,12,15-17,19-20H,5-6,8-10H2/t12-,15-,16-,17?,19-,20-,21+/m0/s1. The van der Waals surface area contributed by atoms with Crippen LogP contribution in [0.1, 0.15) is 24.8 Å². The van der Waals surface area contributed by atoms with Gasteiger partial charge in [0.25, 0.3) is 0 Å². The molecule has 138 valence electrons. The van der Waals surface area contributed by atoms with Crippen LogP contribution in [0.15, 0.2) is 41.1 Å². The summed E-state index contributed by atoms with van der Waals surface area (Å²) >= 11 is 0. The quantitative estimate of drug-likeness (QED) is 0.567. The summed E-state index contributed by atoms with van der Waals surface area (Å²) in [5, 5.41) is 3.21. The normalized spacial score (nSPS) is 46.0. The Morgan fingerprint density at radius 1 is 1.26 bits per heavy atom. The van der Waals surface area contributed by atoms with Crippen LogP contribution in [0, 0.1) is 16.7 Å². The number of amides is 1. The van der Waals surface area contributed by atoms with E-state index in [1.165, 1.54) is 11.1 Å². The van der Waals surface area contributed by atoms with Crippen molar-refractivity contribution >= 4 is 11.6 Å². The van der Waals surface area contributed by atoms with Crippen molar-refractivity contribution < 1.29 is 9.53 Å². The molecule has 4 fully saturated rings. The van der Waals surface area contributed by atoms with E-state index in [4.69, 9.17) is 4.74 Å². The van der Waals surface area contributed by atoms with Crippen molar-refractivity contribution in [1.82, 2.24) is 4.90 Å². The number of piperidine rings is 2. The first-order valence-electron chi connectivity index (χ1n) is 10.1. The van der Waals surface area contributed by atoms with Gasteiger partial charge in [0, 0.05) is 29.6 Å². The van der Waals surface area contributed by atoms with E-state index in [0.717, 1.165) is 31.6 Å². The van der Waals surface area contributed by atoms with Crippen LogP contribution in [0.4, 0.5) is 5.69 Å². The molecule has 27 heavy (non-hydrogen) atoms. The van der Waals surface area contributed by atoms with Crippen molar-refractivity contribution in [3.63, 3.8) is 0 Å². The molecule has 0 radical (unpaired) electrons. The molecule has 1 aliphatic carbocycles. The van der Waals surface area contributed by atoms with Crippen molar-refractivity contribution in [3.8, 4) is 0 Å². The van der Waals surface area contributed by atoms with E-state index in [2.05, 4.69) is 33.2 Å². The molecule has 6 aliphatic rings. The molecule has 7 rings (SSSR count). The number of anilines is 1. The highest BCUT2D eigenvalue weighted by Gasteiger charge is 2.71. The van der Waals surface area contributed by atoms with E-state index < -0.39 is 6.23 Å². The number of carbonyl (C=O) groups excluding carboxylic acids is 1.